The van der Waals surface area contributed by atoms with Crippen LogP contribution in [0.3, 0.4) is 0 Å². The molecule has 0 unspecified atom stereocenters. The molecule has 1 aromatic rings. The van der Waals surface area contributed by atoms with Gasteiger partial charge in [0.1, 0.15) is 0 Å². The van der Waals surface area contributed by atoms with Crippen molar-refractivity contribution in [3.8, 4) is 0 Å². The van der Waals surface area contributed by atoms with Crippen LogP contribution in [-0.2, 0) is 13.1 Å². The van der Waals surface area contributed by atoms with E-state index in [0.717, 1.165) is 5.69 Å². The molecule has 0 radical (unpaired) electrons. The molecule has 0 atom stereocenters. The highest BCUT2D eigenvalue weighted by molar-refractivity contribution is 5.07. The third-order valence-electron chi connectivity index (χ3n) is 2.58. The highest BCUT2D eigenvalue weighted by Gasteiger charge is 2.26. The van der Waals surface area contributed by atoms with Gasteiger partial charge in [-0.3, -0.25) is 0 Å². The Morgan fingerprint density at radius 3 is 2.44 bits per heavy atom. The predicted octanol–water partition coefficient (Wildman–Crippen LogP) is 3.72. The first kappa shape index (κ1) is 15.1. The summed E-state index contributed by atoms with van der Waals surface area (Å²) in [5, 5.41) is 3.33. The molecular weight excluding hydrogens is 241 g/mol. The molecule has 0 aliphatic rings. The number of aryl methyl sites for hydroxylation is 1. The highest BCUT2D eigenvalue weighted by Crippen LogP contribution is 2.22. The molecular formula is C13H21F3N2. The van der Waals surface area contributed by atoms with E-state index in [4.69, 9.17) is 0 Å². The lowest BCUT2D eigenvalue weighted by Gasteiger charge is -2.21. The van der Waals surface area contributed by atoms with E-state index in [-0.39, 0.29) is 12.0 Å². The zero-order valence-electron chi connectivity index (χ0n) is 11.1. The average Bonchev–Trinajstić information content (AvgIpc) is 2.59. The maximum atomic E-state index is 12.1. The van der Waals surface area contributed by atoms with Gasteiger partial charge < -0.3 is 9.88 Å². The molecule has 0 spiro atoms. The van der Waals surface area contributed by atoms with E-state index in [1.165, 1.54) is 0 Å². The topological polar surface area (TPSA) is 17.0 Å². The molecule has 104 valence electrons. The first-order chi connectivity index (χ1) is 8.17. The average molecular weight is 262 g/mol. The molecule has 0 fully saturated rings. The number of alkyl halides is 3. The SMILES string of the molecule is CC(C)(C)NCc1cccn1CCCC(F)(F)F. The van der Waals surface area contributed by atoms with Gasteiger partial charge in [0.2, 0.25) is 0 Å². The van der Waals surface area contributed by atoms with Crippen molar-refractivity contribution in [3.63, 3.8) is 0 Å². The minimum atomic E-state index is -4.06. The molecule has 1 heterocycles. The van der Waals surface area contributed by atoms with Gasteiger partial charge in [-0.1, -0.05) is 0 Å². The predicted molar refractivity (Wildman–Crippen MR) is 66.3 cm³/mol. The Hall–Kier alpha value is -0.970. The summed E-state index contributed by atoms with van der Waals surface area (Å²) in [5.74, 6) is 0. The van der Waals surface area contributed by atoms with Crippen molar-refractivity contribution in [2.24, 2.45) is 0 Å². The summed E-state index contributed by atoms with van der Waals surface area (Å²) in [6, 6.07) is 3.81. The summed E-state index contributed by atoms with van der Waals surface area (Å²) in [4.78, 5) is 0. The Morgan fingerprint density at radius 1 is 1.22 bits per heavy atom. The van der Waals surface area contributed by atoms with Crippen molar-refractivity contribution in [2.75, 3.05) is 0 Å². The van der Waals surface area contributed by atoms with Gasteiger partial charge in [0.15, 0.2) is 0 Å². The van der Waals surface area contributed by atoms with E-state index < -0.39 is 12.6 Å². The van der Waals surface area contributed by atoms with Crippen molar-refractivity contribution >= 4 is 0 Å². The number of nitrogens with zero attached hydrogens (tertiary/aromatic N) is 1. The summed E-state index contributed by atoms with van der Waals surface area (Å²) in [6.07, 6.45) is -2.83. The van der Waals surface area contributed by atoms with E-state index in [1.807, 2.05) is 22.9 Å². The van der Waals surface area contributed by atoms with E-state index in [2.05, 4.69) is 26.1 Å². The van der Waals surface area contributed by atoms with Gasteiger partial charge in [-0.25, -0.2) is 0 Å². The van der Waals surface area contributed by atoms with E-state index >= 15 is 0 Å². The van der Waals surface area contributed by atoms with Gasteiger partial charge in [0.25, 0.3) is 0 Å². The summed E-state index contributed by atoms with van der Waals surface area (Å²) in [6.45, 7) is 7.26. The van der Waals surface area contributed by atoms with Crippen molar-refractivity contribution < 1.29 is 13.2 Å². The van der Waals surface area contributed by atoms with Crippen molar-refractivity contribution in [2.45, 2.75) is 58.4 Å². The van der Waals surface area contributed by atoms with Crippen LogP contribution in [-0.4, -0.2) is 16.3 Å². The van der Waals surface area contributed by atoms with Gasteiger partial charge >= 0.3 is 6.18 Å². The van der Waals surface area contributed by atoms with E-state index in [9.17, 15) is 13.2 Å². The van der Waals surface area contributed by atoms with Crippen LogP contribution in [0.4, 0.5) is 13.2 Å². The van der Waals surface area contributed by atoms with Crippen LogP contribution in [0.25, 0.3) is 0 Å². The van der Waals surface area contributed by atoms with Gasteiger partial charge in [-0.2, -0.15) is 13.2 Å². The highest BCUT2D eigenvalue weighted by atomic mass is 19.4. The lowest BCUT2D eigenvalue weighted by molar-refractivity contribution is -0.135. The lowest BCUT2D eigenvalue weighted by Crippen LogP contribution is -2.35. The third kappa shape index (κ3) is 6.10. The first-order valence-electron chi connectivity index (χ1n) is 6.13. The van der Waals surface area contributed by atoms with Crippen LogP contribution in [0.15, 0.2) is 18.3 Å². The summed E-state index contributed by atoms with van der Waals surface area (Å²) >= 11 is 0. The zero-order chi connectivity index (χ0) is 13.8. The fourth-order valence-corrected chi connectivity index (χ4v) is 1.63. The Balaban J connectivity index is 2.45. The number of rotatable bonds is 5. The standard InChI is InChI=1S/C13H21F3N2/c1-12(2,3)17-10-11-6-4-8-18(11)9-5-7-13(14,15)16/h4,6,8,17H,5,7,9-10H2,1-3H3. The van der Waals surface area contributed by atoms with Crippen LogP contribution < -0.4 is 5.32 Å². The monoisotopic (exact) mass is 262 g/mol. The van der Waals surface area contributed by atoms with E-state index in [1.54, 1.807) is 0 Å². The zero-order valence-corrected chi connectivity index (χ0v) is 11.1. The Bertz CT molecular complexity index is 361. The minimum absolute atomic E-state index is 0.00106. The van der Waals surface area contributed by atoms with Gasteiger partial charge in [0.05, 0.1) is 0 Å². The molecule has 0 saturated carbocycles. The number of halogens is 3. The van der Waals surface area contributed by atoms with Crippen LogP contribution in [0.1, 0.15) is 39.3 Å². The van der Waals surface area contributed by atoms with Crippen LogP contribution in [0.5, 0.6) is 0 Å². The summed E-state index contributed by atoms with van der Waals surface area (Å²) < 4.78 is 38.1. The molecule has 5 heteroatoms. The second-order valence-electron chi connectivity index (χ2n) is 5.52. The van der Waals surface area contributed by atoms with Crippen LogP contribution in [0.2, 0.25) is 0 Å². The van der Waals surface area contributed by atoms with Gasteiger partial charge in [-0.05, 0) is 39.3 Å². The molecule has 0 bridgehead atoms. The second kappa shape index (κ2) is 5.78. The van der Waals surface area contributed by atoms with Crippen LogP contribution in [0, 0.1) is 0 Å². The molecule has 0 aromatic carbocycles. The number of hydrogen-bond donors (Lipinski definition) is 1. The first-order valence-corrected chi connectivity index (χ1v) is 6.13. The molecule has 0 saturated heterocycles. The minimum Gasteiger partial charge on any atom is -0.350 e. The molecule has 1 rings (SSSR count). The van der Waals surface area contributed by atoms with Gasteiger partial charge in [0, 0.05) is 36.9 Å². The van der Waals surface area contributed by atoms with Gasteiger partial charge in [-0.15, -0.1) is 0 Å². The lowest BCUT2D eigenvalue weighted by atomic mass is 10.1. The van der Waals surface area contributed by atoms with Crippen molar-refractivity contribution in [1.82, 2.24) is 9.88 Å². The second-order valence-corrected chi connectivity index (χ2v) is 5.52. The Morgan fingerprint density at radius 2 is 1.89 bits per heavy atom. The number of hydrogen-bond acceptors (Lipinski definition) is 1. The maximum Gasteiger partial charge on any atom is 0.389 e. The smallest absolute Gasteiger partial charge is 0.350 e. The Labute approximate surface area is 106 Å². The van der Waals surface area contributed by atoms with Crippen molar-refractivity contribution in [3.05, 3.63) is 24.0 Å². The molecule has 18 heavy (non-hydrogen) atoms. The fourth-order valence-electron chi connectivity index (χ4n) is 1.63. The fraction of sp³-hybridized carbons (Fsp3) is 0.692. The van der Waals surface area contributed by atoms with Crippen molar-refractivity contribution in [1.29, 1.82) is 0 Å². The number of aromatic nitrogens is 1. The number of nitrogens with one attached hydrogen (secondary N) is 1. The summed E-state index contributed by atoms with van der Waals surface area (Å²) in [5.41, 5.74) is 1.02. The molecule has 1 aromatic heterocycles. The molecule has 0 aliphatic heterocycles. The summed E-state index contributed by atoms with van der Waals surface area (Å²) in [7, 11) is 0. The molecule has 0 amide bonds. The molecule has 1 N–H and O–H groups in total. The molecule has 2 nitrogen and oxygen atoms in total. The quantitative estimate of drug-likeness (QED) is 0.855. The normalized spacial score (nSPS) is 13.0. The molecule has 0 aliphatic carbocycles. The third-order valence-corrected chi connectivity index (χ3v) is 2.58. The maximum absolute atomic E-state index is 12.1. The van der Waals surface area contributed by atoms with E-state index in [0.29, 0.717) is 13.1 Å². The Kier molecular flexibility index (Phi) is 4.85. The largest absolute Gasteiger partial charge is 0.389 e. The van der Waals surface area contributed by atoms with Crippen LogP contribution >= 0.6 is 0 Å².